The zero-order chi connectivity index (χ0) is 18.7. The third-order valence-corrected chi connectivity index (χ3v) is 6.48. The van der Waals surface area contributed by atoms with Gasteiger partial charge in [-0.2, -0.15) is 4.31 Å². The molecule has 1 saturated heterocycles. The Hall–Kier alpha value is -2.25. The van der Waals surface area contributed by atoms with Crippen LogP contribution in [0.2, 0.25) is 0 Å². The predicted octanol–water partition coefficient (Wildman–Crippen LogP) is 2.67. The highest BCUT2D eigenvalue weighted by Gasteiger charge is 2.28. The lowest BCUT2D eigenvalue weighted by atomic mass is 10.1. The van der Waals surface area contributed by atoms with E-state index in [1.54, 1.807) is 11.0 Å². The molecule has 0 N–H and O–H groups in total. The predicted molar refractivity (Wildman–Crippen MR) is 96.9 cm³/mol. The van der Waals surface area contributed by atoms with Gasteiger partial charge in [-0.3, -0.25) is 4.79 Å². The van der Waals surface area contributed by atoms with E-state index >= 15 is 0 Å². The second kappa shape index (κ2) is 7.55. The van der Waals surface area contributed by atoms with Gasteiger partial charge in [-0.05, 0) is 49.2 Å². The van der Waals surface area contributed by atoms with Crippen molar-refractivity contribution in [2.45, 2.75) is 18.2 Å². The van der Waals surface area contributed by atoms with Crippen LogP contribution in [0.3, 0.4) is 0 Å². The van der Waals surface area contributed by atoms with E-state index in [2.05, 4.69) is 0 Å². The van der Waals surface area contributed by atoms with Crippen molar-refractivity contribution >= 4 is 15.9 Å². The molecule has 0 saturated carbocycles. The van der Waals surface area contributed by atoms with Crippen LogP contribution in [0.1, 0.15) is 22.3 Å². The van der Waals surface area contributed by atoms with E-state index in [9.17, 15) is 17.6 Å². The topological polar surface area (TPSA) is 57.7 Å². The fourth-order valence-electron chi connectivity index (χ4n) is 3.08. The number of amides is 1. The molecule has 7 heteroatoms. The van der Waals surface area contributed by atoms with Crippen LogP contribution in [0, 0.1) is 12.7 Å². The number of hydrogen-bond donors (Lipinski definition) is 0. The van der Waals surface area contributed by atoms with Gasteiger partial charge in [-0.1, -0.05) is 18.2 Å². The Morgan fingerprint density at radius 3 is 2.35 bits per heavy atom. The van der Waals surface area contributed by atoms with Gasteiger partial charge < -0.3 is 4.90 Å². The molecule has 0 atom stereocenters. The molecule has 0 radical (unpaired) electrons. The van der Waals surface area contributed by atoms with Crippen LogP contribution in [0.25, 0.3) is 0 Å². The quantitative estimate of drug-likeness (QED) is 0.828. The Morgan fingerprint density at radius 2 is 1.65 bits per heavy atom. The number of carbonyl (C=O) groups excluding carboxylic acids is 1. The van der Waals surface area contributed by atoms with E-state index in [-0.39, 0.29) is 17.3 Å². The van der Waals surface area contributed by atoms with Crippen molar-refractivity contribution in [3.63, 3.8) is 0 Å². The molecule has 5 nitrogen and oxygen atoms in total. The molecule has 1 aliphatic heterocycles. The summed E-state index contributed by atoms with van der Waals surface area (Å²) in [5.41, 5.74) is 1.54. The molecular formula is C19H21FN2O3S. The van der Waals surface area contributed by atoms with Crippen molar-refractivity contribution < 1.29 is 17.6 Å². The van der Waals surface area contributed by atoms with Gasteiger partial charge in [0.05, 0.1) is 4.90 Å². The first-order valence-corrected chi connectivity index (χ1v) is 9.94. The van der Waals surface area contributed by atoms with Crippen LogP contribution in [0.15, 0.2) is 53.4 Å². The average Bonchev–Trinajstić information content (AvgIpc) is 2.89. The average molecular weight is 376 g/mol. The Balaban J connectivity index is 1.75. The zero-order valence-corrected chi connectivity index (χ0v) is 15.4. The van der Waals surface area contributed by atoms with Crippen LogP contribution in [0.5, 0.6) is 0 Å². The summed E-state index contributed by atoms with van der Waals surface area (Å²) in [5.74, 6) is -0.557. The van der Waals surface area contributed by atoms with Gasteiger partial charge in [0.25, 0.3) is 5.91 Å². The summed E-state index contributed by atoms with van der Waals surface area (Å²) in [6.45, 7) is 3.27. The number of rotatable bonds is 3. The fraction of sp³-hybridized carbons (Fsp3) is 0.316. The van der Waals surface area contributed by atoms with Gasteiger partial charge in [-0.15, -0.1) is 0 Å². The van der Waals surface area contributed by atoms with Gasteiger partial charge in [0.1, 0.15) is 5.82 Å². The first-order chi connectivity index (χ1) is 12.4. The molecule has 2 aromatic carbocycles. The minimum absolute atomic E-state index is 0.0672. The van der Waals surface area contributed by atoms with Gasteiger partial charge in [0.2, 0.25) is 10.0 Å². The lowest BCUT2D eigenvalue weighted by molar-refractivity contribution is 0.0763. The van der Waals surface area contributed by atoms with Crippen molar-refractivity contribution in [3.8, 4) is 0 Å². The van der Waals surface area contributed by atoms with E-state index in [4.69, 9.17) is 0 Å². The van der Waals surface area contributed by atoms with E-state index in [1.165, 1.54) is 16.4 Å². The van der Waals surface area contributed by atoms with Gasteiger partial charge in [-0.25, -0.2) is 12.8 Å². The molecule has 26 heavy (non-hydrogen) atoms. The third-order valence-electron chi connectivity index (χ3n) is 4.57. The summed E-state index contributed by atoms with van der Waals surface area (Å²) >= 11 is 0. The SMILES string of the molecule is Cc1ccccc1C(=O)N1CCCN(S(=O)(=O)c2ccc(F)cc2)CC1. The lowest BCUT2D eigenvalue weighted by Gasteiger charge is -2.22. The second-order valence-corrected chi connectivity index (χ2v) is 8.26. The molecule has 0 unspecified atom stereocenters. The molecule has 1 fully saturated rings. The molecule has 0 spiro atoms. The minimum Gasteiger partial charge on any atom is -0.337 e. The van der Waals surface area contributed by atoms with Crippen LogP contribution in [-0.4, -0.2) is 49.7 Å². The molecule has 138 valence electrons. The summed E-state index contributed by atoms with van der Waals surface area (Å²) in [7, 11) is -3.70. The van der Waals surface area contributed by atoms with E-state index < -0.39 is 15.8 Å². The normalized spacial score (nSPS) is 16.3. The number of benzene rings is 2. The highest BCUT2D eigenvalue weighted by atomic mass is 32.2. The molecule has 3 rings (SSSR count). The maximum Gasteiger partial charge on any atom is 0.254 e. The fourth-order valence-corrected chi connectivity index (χ4v) is 4.55. The van der Waals surface area contributed by atoms with Crippen LogP contribution in [-0.2, 0) is 10.0 Å². The molecular weight excluding hydrogens is 355 g/mol. The van der Waals surface area contributed by atoms with Gasteiger partial charge >= 0.3 is 0 Å². The minimum atomic E-state index is -3.70. The van der Waals surface area contributed by atoms with Crippen LogP contribution < -0.4 is 0 Å². The van der Waals surface area contributed by atoms with E-state index in [0.29, 0.717) is 31.6 Å². The maximum absolute atomic E-state index is 13.1. The summed E-state index contributed by atoms with van der Waals surface area (Å²) in [4.78, 5) is 14.5. The number of carbonyl (C=O) groups is 1. The van der Waals surface area contributed by atoms with Crippen molar-refractivity contribution in [2.75, 3.05) is 26.2 Å². The number of nitrogens with zero attached hydrogens (tertiary/aromatic N) is 2. The van der Waals surface area contributed by atoms with E-state index in [1.807, 2.05) is 25.1 Å². The summed E-state index contributed by atoms with van der Waals surface area (Å²) in [6.07, 6.45) is 0.554. The maximum atomic E-state index is 13.1. The largest absolute Gasteiger partial charge is 0.337 e. The molecule has 2 aromatic rings. The number of halogens is 1. The first kappa shape index (κ1) is 18.5. The van der Waals surface area contributed by atoms with Gasteiger partial charge in [0.15, 0.2) is 0 Å². The smallest absolute Gasteiger partial charge is 0.254 e. The Morgan fingerprint density at radius 1 is 0.962 bits per heavy atom. The van der Waals surface area contributed by atoms with Crippen molar-refractivity contribution in [2.24, 2.45) is 0 Å². The summed E-state index contributed by atoms with van der Waals surface area (Å²) < 4.78 is 39.9. The third kappa shape index (κ3) is 3.78. The Labute approximate surface area is 153 Å². The zero-order valence-electron chi connectivity index (χ0n) is 14.6. The second-order valence-electron chi connectivity index (χ2n) is 6.32. The molecule has 0 aromatic heterocycles. The highest BCUT2D eigenvalue weighted by Crippen LogP contribution is 2.19. The molecule has 1 amide bonds. The molecule has 1 aliphatic rings. The number of sulfonamides is 1. The van der Waals surface area contributed by atoms with Crippen molar-refractivity contribution in [3.05, 3.63) is 65.5 Å². The van der Waals surface area contributed by atoms with Gasteiger partial charge in [0, 0.05) is 31.7 Å². The highest BCUT2D eigenvalue weighted by molar-refractivity contribution is 7.89. The monoisotopic (exact) mass is 376 g/mol. The first-order valence-electron chi connectivity index (χ1n) is 8.50. The molecule has 1 heterocycles. The number of hydrogen-bond acceptors (Lipinski definition) is 3. The standard InChI is InChI=1S/C19H21FN2O3S/c1-15-5-2-3-6-18(15)19(23)21-11-4-12-22(14-13-21)26(24,25)17-9-7-16(20)8-10-17/h2-3,5-10H,4,11-14H2,1H3. The summed E-state index contributed by atoms with van der Waals surface area (Å²) in [5, 5.41) is 0. The number of aryl methyl sites for hydroxylation is 1. The molecule has 0 aliphatic carbocycles. The van der Waals surface area contributed by atoms with E-state index in [0.717, 1.165) is 17.7 Å². The molecule has 0 bridgehead atoms. The summed E-state index contributed by atoms with van der Waals surface area (Å²) in [6, 6.07) is 12.2. The van der Waals surface area contributed by atoms with Crippen LogP contribution >= 0.6 is 0 Å². The Bertz CT molecular complexity index is 897. The Kier molecular flexibility index (Phi) is 5.38. The van der Waals surface area contributed by atoms with Crippen molar-refractivity contribution in [1.29, 1.82) is 0 Å². The van der Waals surface area contributed by atoms with Crippen LogP contribution in [0.4, 0.5) is 4.39 Å². The lowest BCUT2D eigenvalue weighted by Crippen LogP contribution is -2.37. The van der Waals surface area contributed by atoms with Crippen molar-refractivity contribution in [1.82, 2.24) is 9.21 Å².